The number of ether oxygens (including phenoxy) is 1. The molecule has 2 N–H and O–H groups in total. The van der Waals surface area contributed by atoms with Crippen molar-refractivity contribution < 1.29 is 24.1 Å². The number of methoxy groups -OCH3 is 1. The van der Waals surface area contributed by atoms with Crippen molar-refractivity contribution >= 4 is 18.6 Å². The Labute approximate surface area is 110 Å². The monoisotopic (exact) mass is 274 g/mol. The molecule has 0 saturated heterocycles. The average Bonchev–Trinajstić information content (AvgIpc) is 2.36. The first kappa shape index (κ1) is 14.9. The van der Waals surface area contributed by atoms with Gasteiger partial charge >= 0.3 is 5.97 Å². The summed E-state index contributed by atoms with van der Waals surface area (Å²) in [6, 6.07) is 3.37. The number of rotatable bonds is 5. The molecule has 0 aliphatic carbocycles. The van der Waals surface area contributed by atoms with E-state index in [4.69, 9.17) is 0 Å². The van der Waals surface area contributed by atoms with Gasteiger partial charge in [-0.3, -0.25) is 0 Å². The van der Waals surface area contributed by atoms with Gasteiger partial charge in [0.05, 0.1) is 18.8 Å². The molecule has 18 heavy (non-hydrogen) atoms. The topological polar surface area (TPSA) is 66.8 Å². The zero-order valence-electron chi connectivity index (χ0n) is 9.84. The van der Waals surface area contributed by atoms with E-state index >= 15 is 0 Å². The average molecular weight is 274 g/mol. The molecule has 0 spiro atoms. The summed E-state index contributed by atoms with van der Waals surface area (Å²) in [5, 5.41) is 19.4. The summed E-state index contributed by atoms with van der Waals surface area (Å²) in [6.07, 6.45) is -2.07. The van der Waals surface area contributed by atoms with Crippen molar-refractivity contribution in [2.45, 2.75) is 18.6 Å². The third-order valence-corrected chi connectivity index (χ3v) is 2.73. The maximum Gasteiger partial charge on any atom is 0.337 e. The van der Waals surface area contributed by atoms with Crippen LogP contribution < -0.4 is 0 Å². The fourth-order valence-corrected chi connectivity index (χ4v) is 1.80. The Morgan fingerprint density at radius 1 is 1.44 bits per heavy atom. The molecule has 0 aromatic heterocycles. The van der Waals surface area contributed by atoms with Gasteiger partial charge in [0.25, 0.3) is 0 Å². The van der Waals surface area contributed by atoms with Gasteiger partial charge in [-0.25, -0.2) is 9.18 Å². The van der Waals surface area contributed by atoms with Gasteiger partial charge in [-0.1, -0.05) is 0 Å². The lowest BCUT2D eigenvalue weighted by Crippen LogP contribution is -2.19. The molecule has 0 heterocycles. The van der Waals surface area contributed by atoms with Gasteiger partial charge in [0.2, 0.25) is 0 Å². The van der Waals surface area contributed by atoms with Crippen molar-refractivity contribution in [3.63, 3.8) is 0 Å². The summed E-state index contributed by atoms with van der Waals surface area (Å²) in [5.74, 6) is -0.992. The maximum atomic E-state index is 13.3. The minimum atomic E-state index is -1.27. The fraction of sp³-hybridized carbons (Fsp3) is 0.417. The molecule has 0 saturated carbocycles. The highest BCUT2D eigenvalue weighted by molar-refractivity contribution is 7.80. The summed E-state index contributed by atoms with van der Waals surface area (Å²) in [4.78, 5) is 11.3. The van der Waals surface area contributed by atoms with Gasteiger partial charge in [0.15, 0.2) is 0 Å². The number of carbonyl (C=O) groups excluding carboxylic acids is 1. The number of hydrogen-bond acceptors (Lipinski definition) is 5. The molecule has 1 rings (SSSR count). The molecule has 0 radical (unpaired) electrons. The van der Waals surface area contributed by atoms with Crippen molar-refractivity contribution in [3.05, 3.63) is 35.1 Å². The molecule has 2 atom stereocenters. The van der Waals surface area contributed by atoms with Crippen LogP contribution in [0, 0.1) is 5.82 Å². The van der Waals surface area contributed by atoms with E-state index in [0.29, 0.717) is 5.75 Å². The Morgan fingerprint density at radius 2 is 2.11 bits per heavy atom. The smallest absolute Gasteiger partial charge is 0.337 e. The Morgan fingerprint density at radius 3 is 2.67 bits per heavy atom. The van der Waals surface area contributed by atoms with E-state index < -0.39 is 24.0 Å². The molecular weight excluding hydrogens is 259 g/mol. The highest BCUT2D eigenvalue weighted by Gasteiger charge is 2.20. The predicted octanol–water partition coefficient (Wildman–Crippen LogP) is 1.33. The van der Waals surface area contributed by atoms with Crippen LogP contribution in [0.25, 0.3) is 0 Å². The van der Waals surface area contributed by atoms with E-state index in [-0.39, 0.29) is 17.5 Å². The number of esters is 1. The minimum absolute atomic E-state index is 0.00961. The quantitative estimate of drug-likeness (QED) is 0.560. The molecule has 0 aliphatic heterocycles. The molecule has 1 aromatic rings. The number of hydrogen-bond donors (Lipinski definition) is 3. The number of benzene rings is 1. The molecule has 2 unspecified atom stereocenters. The zero-order valence-corrected chi connectivity index (χ0v) is 10.7. The third-order valence-electron chi connectivity index (χ3n) is 2.47. The molecule has 0 fully saturated rings. The van der Waals surface area contributed by atoms with E-state index in [0.717, 1.165) is 12.1 Å². The van der Waals surface area contributed by atoms with Crippen LogP contribution in [-0.2, 0) is 4.74 Å². The standard InChI is InChI=1S/C12H15FO4S/c1-17-12(16)8-4-7(5-9(13)6-8)11(15)10(14)2-3-18/h4-6,10-11,14-15,18H,2-3H2,1H3. The van der Waals surface area contributed by atoms with Gasteiger partial charge in [-0.05, 0) is 35.9 Å². The largest absolute Gasteiger partial charge is 0.465 e. The molecule has 100 valence electrons. The fourth-order valence-electron chi connectivity index (χ4n) is 1.53. The van der Waals surface area contributed by atoms with Crippen LogP contribution in [0.1, 0.15) is 28.4 Å². The number of carbonyl (C=O) groups is 1. The van der Waals surface area contributed by atoms with E-state index in [9.17, 15) is 19.4 Å². The van der Waals surface area contributed by atoms with Crippen LogP contribution in [-0.4, -0.2) is 35.1 Å². The first-order valence-electron chi connectivity index (χ1n) is 5.35. The second-order valence-electron chi connectivity index (χ2n) is 3.79. The third kappa shape index (κ3) is 3.69. The molecule has 0 aliphatic rings. The van der Waals surface area contributed by atoms with Gasteiger partial charge in [-0.15, -0.1) is 0 Å². The summed E-state index contributed by atoms with van der Waals surface area (Å²) in [5.41, 5.74) is 0.120. The van der Waals surface area contributed by atoms with Crippen LogP contribution in [0.5, 0.6) is 0 Å². The van der Waals surface area contributed by atoms with E-state index in [1.54, 1.807) is 0 Å². The zero-order chi connectivity index (χ0) is 13.7. The second-order valence-corrected chi connectivity index (χ2v) is 4.24. The molecule has 4 nitrogen and oxygen atoms in total. The number of aliphatic hydroxyl groups excluding tert-OH is 2. The Balaban J connectivity index is 3.02. The van der Waals surface area contributed by atoms with E-state index in [1.807, 2.05) is 0 Å². The maximum absolute atomic E-state index is 13.3. The van der Waals surface area contributed by atoms with Crippen LogP contribution >= 0.6 is 12.6 Å². The lowest BCUT2D eigenvalue weighted by Gasteiger charge is -2.18. The van der Waals surface area contributed by atoms with Gasteiger partial charge < -0.3 is 14.9 Å². The van der Waals surface area contributed by atoms with Crippen molar-refractivity contribution in [3.8, 4) is 0 Å². The molecule has 6 heteroatoms. The molecule has 1 aromatic carbocycles. The van der Waals surface area contributed by atoms with Crippen molar-refractivity contribution in [2.75, 3.05) is 12.9 Å². The lowest BCUT2D eigenvalue weighted by molar-refractivity contribution is 0.0170. The number of aliphatic hydroxyl groups is 2. The van der Waals surface area contributed by atoms with Crippen molar-refractivity contribution in [1.29, 1.82) is 0 Å². The Bertz CT molecular complexity index is 425. The van der Waals surface area contributed by atoms with Crippen molar-refractivity contribution in [1.82, 2.24) is 0 Å². The Kier molecular flexibility index (Phi) is 5.58. The van der Waals surface area contributed by atoms with E-state index in [1.165, 1.54) is 13.2 Å². The highest BCUT2D eigenvalue weighted by Crippen LogP contribution is 2.22. The second kappa shape index (κ2) is 6.72. The normalized spacial score (nSPS) is 14.1. The van der Waals surface area contributed by atoms with E-state index in [2.05, 4.69) is 17.4 Å². The van der Waals surface area contributed by atoms with Crippen LogP contribution in [0.3, 0.4) is 0 Å². The highest BCUT2D eigenvalue weighted by atomic mass is 32.1. The first-order valence-corrected chi connectivity index (χ1v) is 5.98. The Hall–Kier alpha value is -1.11. The number of thiol groups is 1. The van der Waals surface area contributed by atoms with Crippen LogP contribution in [0.2, 0.25) is 0 Å². The summed E-state index contributed by atoms with van der Waals surface area (Å²) in [6.45, 7) is 0. The predicted molar refractivity (Wildman–Crippen MR) is 67.2 cm³/mol. The molecule has 0 bridgehead atoms. The first-order chi connectivity index (χ1) is 8.49. The number of halogens is 1. The summed E-state index contributed by atoms with van der Waals surface area (Å²) in [7, 11) is 1.18. The SMILES string of the molecule is COC(=O)c1cc(F)cc(C(O)C(O)CCS)c1. The van der Waals surface area contributed by atoms with Crippen molar-refractivity contribution in [2.24, 2.45) is 0 Å². The van der Waals surface area contributed by atoms with Gasteiger partial charge in [0.1, 0.15) is 11.9 Å². The lowest BCUT2D eigenvalue weighted by atomic mass is 10.0. The van der Waals surface area contributed by atoms with Crippen LogP contribution in [0.4, 0.5) is 4.39 Å². The molecule has 0 amide bonds. The van der Waals surface area contributed by atoms with Gasteiger partial charge in [-0.2, -0.15) is 12.6 Å². The summed E-state index contributed by atoms with van der Waals surface area (Å²) >= 11 is 3.94. The summed E-state index contributed by atoms with van der Waals surface area (Å²) < 4.78 is 17.8. The molecular formula is C12H15FO4S. The van der Waals surface area contributed by atoms with Gasteiger partial charge in [0, 0.05) is 0 Å². The minimum Gasteiger partial charge on any atom is -0.465 e. The van der Waals surface area contributed by atoms with Crippen LogP contribution in [0.15, 0.2) is 18.2 Å².